The highest BCUT2D eigenvalue weighted by molar-refractivity contribution is 5.86. The molecule has 6 heteroatoms. The van der Waals surface area contributed by atoms with Gasteiger partial charge in [-0.1, -0.05) is 6.58 Å². The van der Waals surface area contributed by atoms with E-state index in [0.29, 0.717) is 6.61 Å². The van der Waals surface area contributed by atoms with Crippen LogP contribution in [0.1, 0.15) is 6.92 Å². The number of carbonyl (C=O) groups is 1. The molecule has 0 unspecified atom stereocenters. The van der Waals surface area contributed by atoms with Crippen LogP contribution in [0.5, 0.6) is 0 Å². The van der Waals surface area contributed by atoms with Gasteiger partial charge in [0, 0.05) is 5.57 Å². The van der Waals surface area contributed by atoms with Gasteiger partial charge in [-0.15, -0.1) is 0 Å². The molecule has 0 heterocycles. The first kappa shape index (κ1) is 13.5. The van der Waals surface area contributed by atoms with Crippen molar-refractivity contribution in [2.45, 2.75) is 6.92 Å². The van der Waals surface area contributed by atoms with Crippen molar-refractivity contribution in [1.29, 1.82) is 0 Å². The summed E-state index contributed by atoms with van der Waals surface area (Å²) >= 11 is 0. The molecule has 84 valence electrons. The maximum Gasteiger partial charge on any atom is 0.368 e. The van der Waals surface area contributed by atoms with Crippen molar-refractivity contribution in [3.8, 4) is 0 Å². The third-order valence-electron chi connectivity index (χ3n) is 1.21. The van der Waals surface area contributed by atoms with Crippen LogP contribution in [-0.2, 0) is 24.1 Å². The Balaban J connectivity index is 3.21. The number of hydrogen-bond donors (Lipinski definition) is 0. The van der Waals surface area contributed by atoms with Gasteiger partial charge in [-0.3, -0.25) is 4.89 Å². The molecule has 0 aliphatic heterocycles. The molecule has 0 rings (SSSR count). The molecule has 0 amide bonds. The second-order valence-electron chi connectivity index (χ2n) is 2.56. The molecule has 0 aliphatic carbocycles. The quantitative estimate of drug-likeness (QED) is 0.146. The topological polar surface area (TPSA) is 74.2 Å². The molecule has 0 fully saturated rings. The van der Waals surface area contributed by atoms with Gasteiger partial charge in [0.25, 0.3) is 0 Å². The minimum atomic E-state index is -0.611. The number of isocyanates is 1. The highest BCUT2D eigenvalue weighted by Gasteiger charge is 2.03. The van der Waals surface area contributed by atoms with Crippen LogP contribution in [0.15, 0.2) is 17.1 Å². The molecule has 0 bridgehead atoms. The number of aliphatic imine (C=N–C) groups is 1. The standard InChI is InChI=1S/C9H13NO5/c1-8(2)9(12)15-14-6-5-13-4-3-10-7-11/h1,3-6H2,2H3. The summed E-state index contributed by atoms with van der Waals surface area (Å²) in [5, 5.41) is 0. The summed E-state index contributed by atoms with van der Waals surface area (Å²) in [5.41, 5.74) is 0.260. The van der Waals surface area contributed by atoms with E-state index >= 15 is 0 Å². The van der Waals surface area contributed by atoms with Gasteiger partial charge in [0.2, 0.25) is 6.08 Å². The second kappa shape index (κ2) is 9.08. The Morgan fingerprint density at radius 2 is 2.13 bits per heavy atom. The van der Waals surface area contributed by atoms with E-state index in [2.05, 4.69) is 21.3 Å². The number of carbonyl (C=O) groups excluding carboxylic acids is 2. The highest BCUT2D eigenvalue weighted by Crippen LogP contribution is 1.92. The molecule has 0 N–H and O–H groups in total. The van der Waals surface area contributed by atoms with Crippen LogP contribution in [-0.4, -0.2) is 38.4 Å². The zero-order valence-corrected chi connectivity index (χ0v) is 8.52. The first-order valence-corrected chi connectivity index (χ1v) is 4.29. The van der Waals surface area contributed by atoms with E-state index in [1.165, 1.54) is 13.0 Å². The Morgan fingerprint density at radius 3 is 2.73 bits per heavy atom. The maximum absolute atomic E-state index is 10.8. The van der Waals surface area contributed by atoms with Gasteiger partial charge < -0.3 is 4.74 Å². The van der Waals surface area contributed by atoms with E-state index in [0.717, 1.165) is 0 Å². The van der Waals surface area contributed by atoms with E-state index in [-0.39, 0.29) is 25.3 Å². The third-order valence-corrected chi connectivity index (χ3v) is 1.21. The molecule has 0 aromatic rings. The monoisotopic (exact) mass is 215 g/mol. The summed E-state index contributed by atoms with van der Waals surface area (Å²) in [6.45, 7) is 5.80. The number of nitrogens with zero attached hydrogens (tertiary/aromatic N) is 1. The molecule has 0 aromatic heterocycles. The van der Waals surface area contributed by atoms with E-state index in [9.17, 15) is 9.59 Å². The molecule has 0 saturated carbocycles. The summed E-state index contributed by atoms with van der Waals surface area (Å²) in [7, 11) is 0. The van der Waals surface area contributed by atoms with Crippen LogP contribution in [0.25, 0.3) is 0 Å². The molecule has 0 aromatic carbocycles. The smallest absolute Gasteiger partial charge is 0.368 e. The molecular formula is C9H13NO5. The average molecular weight is 215 g/mol. The normalized spacial score (nSPS) is 9.13. The fourth-order valence-electron chi connectivity index (χ4n) is 0.517. The van der Waals surface area contributed by atoms with Crippen LogP contribution in [0.2, 0.25) is 0 Å². The second-order valence-corrected chi connectivity index (χ2v) is 2.56. The number of rotatable bonds is 8. The van der Waals surface area contributed by atoms with Gasteiger partial charge in [-0.2, -0.15) is 4.89 Å². The van der Waals surface area contributed by atoms with Crippen molar-refractivity contribution < 1.29 is 24.1 Å². The molecule has 6 nitrogen and oxygen atoms in total. The zero-order valence-electron chi connectivity index (χ0n) is 8.52. The minimum absolute atomic E-state index is 0.115. The van der Waals surface area contributed by atoms with Crippen LogP contribution in [0, 0.1) is 0 Å². The molecule has 0 radical (unpaired) electrons. The van der Waals surface area contributed by atoms with Gasteiger partial charge in [-0.05, 0) is 6.92 Å². The van der Waals surface area contributed by atoms with E-state index in [1.807, 2.05) is 0 Å². The number of hydrogen-bond acceptors (Lipinski definition) is 6. The lowest BCUT2D eigenvalue weighted by Gasteiger charge is -2.03. The Kier molecular flexibility index (Phi) is 8.18. The van der Waals surface area contributed by atoms with Crippen LogP contribution in [0.4, 0.5) is 0 Å². The van der Waals surface area contributed by atoms with E-state index in [4.69, 9.17) is 4.74 Å². The highest BCUT2D eigenvalue weighted by atomic mass is 17.2. The van der Waals surface area contributed by atoms with E-state index < -0.39 is 5.97 Å². The van der Waals surface area contributed by atoms with Crippen molar-refractivity contribution in [3.63, 3.8) is 0 Å². The lowest BCUT2D eigenvalue weighted by molar-refractivity contribution is -0.272. The molecule has 0 atom stereocenters. The predicted molar refractivity (Wildman–Crippen MR) is 50.7 cm³/mol. The largest absolute Gasteiger partial charge is 0.377 e. The lowest BCUT2D eigenvalue weighted by atomic mass is 10.4. The van der Waals surface area contributed by atoms with Gasteiger partial charge in [0.05, 0.1) is 19.8 Å². The first-order valence-electron chi connectivity index (χ1n) is 4.29. The van der Waals surface area contributed by atoms with Gasteiger partial charge >= 0.3 is 5.97 Å². The molecule has 0 spiro atoms. The zero-order chi connectivity index (χ0) is 11.5. The predicted octanol–water partition coefficient (Wildman–Crippen LogP) is 0.390. The van der Waals surface area contributed by atoms with Gasteiger partial charge in [0.15, 0.2) is 0 Å². The Labute approximate surface area is 87.5 Å². The van der Waals surface area contributed by atoms with Gasteiger partial charge in [0.1, 0.15) is 6.61 Å². The summed E-state index contributed by atoms with van der Waals surface area (Å²) < 4.78 is 4.97. The lowest BCUT2D eigenvalue weighted by Crippen LogP contribution is -2.11. The number of ether oxygens (including phenoxy) is 1. The molecule has 0 aliphatic rings. The van der Waals surface area contributed by atoms with Gasteiger partial charge in [-0.25, -0.2) is 14.6 Å². The SMILES string of the molecule is C=C(C)C(=O)OOCCOCCN=C=O. The fraction of sp³-hybridized carbons (Fsp3) is 0.556. The first-order chi connectivity index (χ1) is 7.18. The van der Waals surface area contributed by atoms with Crippen molar-refractivity contribution in [3.05, 3.63) is 12.2 Å². The Morgan fingerprint density at radius 1 is 1.40 bits per heavy atom. The van der Waals surface area contributed by atoms with E-state index in [1.54, 1.807) is 0 Å². The molecule has 15 heavy (non-hydrogen) atoms. The summed E-state index contributed by atoms with van der Waals surface area (Å²) in [6.07, 6.45) is 1.38. The minimum Gasteiger partial charge on any atom is -0.377 e. The Hall–Kier alpha value is -1.49. The summed E-state index contributed by atoms with van der Waals surface area (Å²) in [6, 6.07) is 0. The molecule has 0 saturated heterocycles. The van der Waals surface area contributed by atoms with Crippen molar-refractivity contribution in [2.24, 2.45) is 4.99 Å². The average Bonchev–Trinajstić information content (AvgIpc) is 2.21. The third kappa shape index (κ3) is 8.83. The van der Waals surface area contributed by atoms with Crippen molar-refractivity contribution >= 4 is 12.0 Å². The van der Waals surface area contributed by atoms with Crippen LogP contribution >= 0.6 is 0 Å². The Bertz CT molecular complexity index is 257. The van der Waals surface area contributed by atoms with Crippen molar-refractivity contribution in [2.75, 3.05) is 26.4 Å². The molecular weight excluding hydrogens is 202 g/mol. The van der Waals surface area contributed by atoms with Crippen LogP contribution in [0.3, 0.4) is 0 Å². The van der Waals surface area contributed by atoms with Crippen LogP contribution < -0.4 is 0 Å². The van der Waals surface area contributed by atoms with Crippen molar-refractivity contribution in [1.82, 2.24) is 0 Å². The summed E-state index contributed by atoms with van der Waals surface area (Å²) in [4.78, 5) is 32.5. The fourth-order valence-corrected chi connectivity index (χ4v) is 0.517. The maximum atomic E-state index is 10.8. The summed E-state index contributed by atoms with van der Waals surface area (Å²) in [5.74, 6) is -0.611.